The molecule has 1 aromatic carbocycles. The molecule has 0 spiro atoms. The van der Waals surface area contributed by atoms with Gasteiger partial charge in [-0.2, -0.15) is 0 Å². The number of fused-ring (bicyclic) bond motifs is 1. The molecule has 0 saturated heterocycles. The maximum absolute atomic E-state index is 13.2. The number of nitrogens with zero attached hydrogens (tertiary/aromatic N) is 1. The molecule has 1 heterocycles. The predicted octanol–water partition coefficient (Wildman–Crippen LogP) is 1.95. The van der Waals surface area contributed by atoms with Crippen molar-refractivity contribution in [2.75, 3.05) is 13.6 Å². The zero-order chi connectivity index (χ0) is 9.42. The van der Waals surface area contributed by atoms with E-state index in [4.69, 9.17) is 0 Å². The van der Waals surface area contributed by atoms with Crippen molar-refractivity contribution < 1.29 is 8.78 Å². The Morgan fingerprint density at radius 1 is 1.31 bits per heavy atom. The molecule has 0 bridgehead atoms. The standard InChI is InChI=1S/C10H11F2N/c1-13-5-4-8-7(6-13)2-3-9(11)10(8)12/h2-3H,4-6H2,1H3. The second-order valence-corrected chi connectivity index (χ2v) is 3.49. The van der Waals surface area contributed by atoms with Crippen LogP contribution in [0.1, 0.15) is 11.1 Å². The zero-order valence-corrected chi connectivity index (χ0v) is 7.48. The first kappa shape index (κ1) is 8.63. The van der Waals surface area contributed by atoms with Gasteiger partial charge in [0.25, 0.3) is 0 Å². The topological polar surface area (TPSA) is 3.24 Å². The highest BCUT2D eigenvalue weighted by Gasteiger charge is 2.18. The van der Waals surface area contributed by atoms with Crippen molar-refractivity contribution >= 4 is 0 Å². The highest BCUT2D eigenvalue weighted by atomic mass is 19.2. The fraction of sp³-hybridized carbons (Fsp3) is 0.400. The third-order valence-electron chi connectivity index (χ3n) is 2.48. The lowest BCUT2D eigenvalue weighted by Gasteiger charge is -2.25. The summed E-state index contributed by atoms with van der Waals surface area (Å²) in [7, 11) is 1.98. The summed E-state index contributed by atoms with van der Waals surface area (Å²) in [5.41, 5.74) is 1.46. The van der Waals surface area contributed by atoms with Gasteiger partial charge in [-0.1, -0.05) is 6.07 Å². The smallest absolute Gasteiger partial charge is 0.162 e. The Morgan fingerprint density at radius 2 is 2.08 bits per heavy atom. The SMILES string of the molecule is CN1CCc2c(ccc(F)c2F)C1. The first-order valence-electron chi connectivity index (χ1n) is 4.33. The van der Waals surface area contributed by atoms with Crippen molar-refractivity contribution in [1.82, 2.24) is 4.90 Å². The molecular weight excluding hydrogens is 172 g/mol. The van der Waals surface area contributed by atoms with E-state index in [1.807, 2.05) is 7.05 Å². The molecule has 0 radical (unpaired) electrons. The molecule has 0 fully saturated rings. The summed E-state index contributed by atoms with van der Waals surface area (Å²) in [5.74, 6) is -1.39. The molecule has 1 aromatic rings. The number of benzene rings is 1. The normalized spacial score (nSPS) is 17.2. The molecular formula is C10H11F2N. The second kappa shape index (κ2) is 3.07. The van der Waals surface area contributed by atoms with Crippen molar-refractivity contribution in [3.8, 4) is 0 Å². The minimum absolute atomic E-state index is 0.554. The minimum Gasteiger partial charge on any atom is -0.302 e. The Balaban J connectivity index is 2.47. The average molecular weight is 183 g/mol. The van der Waals surface area contributed by atoms with Crippen LogP contribution in [0.2, 0.25) is 0 Å². The molecule has 0 saturated carbocycles. The third kappa shape index (κ3) is 1.44. The largest absolute Gasteiger partial charge is 0.302 e. The van der Waals surface area contributed by atoms with Gasteiger partial charge in [-0.15, -0.1) is 0 Å². The van der Waals surface area contributed by atoms with Gasteiger partial charge < -0.3 is 4.90 Å². The molecule has 0 atom stereocenters. The molecule has 1 aliphatic heterocycles. The lowest BCUT2D eigenvalue weighted by Crippen LogP contribution is -2.27. The van der Waals surface area contributed by atoms with Crippen LogP contribution in [0.15, 0.2) is 12.1 Å². The number of hydrogen-bond acceptors (Lipinski definition) is 1. The lowest BCUT2D eigenvalue weighted by molar-refractivity contribution is 0.306. The first-order valence-corrected chi connectivity index (χ1v) is 4.33. The molecule has 1 nitrogen and oxygen atoms in total. The van der Waals surface area contributed by atoms with Gasteiger partial charge in [-0.05, 0) is 30.7 Å². The summed E-state index contributed by atoms with van der Waals surface area (Å²) in [5, 5.41) is 0. The molecule has 0 N–H and O–H groups in total. The van der Waals surface area contributed by atoms with Gasteiger partial charge in [-0.3, -0.25) is 0 Å². The van der Waals surface area contributed by atoms with E-state index < -0.39 is 11.6 Å². The van der Waals surface area contributed by atoms with Crippen LogP contribution in [-0.4, -0.2) is 18.5 Å². The van der Waals surface area contributed by atoms with E-state index in [0.717, 1.165) is 12.1 Å². The van der Waals surface area contributed by atoms with Crippen LogP contribution in [0.3, 0.4) is 0 Å². The van der Waals surface area contributed by atoms with Gasteiger partial charge in [0.1, 0.15) is 0 Å². The summed E-state index contributed by atoms with van der Waals surface area (Å²) in [6, 6.07) is 2.87. The number of rotatable bonds is 0. The number of halogens is 2. The first-order chi connectivity index (χ1) is 6.18. The van der Waals surface area contributed by atoms with Crippen LogP contribution >= 0.6 is 0 Å². The van der Waals surface area contributed by atoms with E-state index in [9.17, 15) is 8.78 Å². The Kier molecular flexibility index (Phi) is 2.04. The third-order valence-corrected chi connectivity index (χ3v) is 2.48. The van der Waals surface area contributed by atoms with E-state index in [1.165, 1.54) is 6.07 Å². The lowest BCUT2D eigenvalue weighted by atomic mass is 9.99. The highest BCUT2D eigenvalue weighted by Crippen LogP contribution is 2.22. The second-order valence-electron chi connectivity index (χ2n) is 3.49. The quantitative estimate of drug-likeness (QED) is 0.594. The molecule has 0 unspecified atom stereocenters. The van der Waals surface area contributed by atoms with Crippen LogP contribution in [0, 0.1) is 11.6 Å². The van der Waals surface area contributed by atoms with Gasteiger partial charge >= 0.3 is 0 Å². The maximum Gasteiger partial charge on any atom is 0.162 e. The van der Waals surface area contributed by atoms with Crippen LogP contribution < -0.4 is 0 Å². The predicted molar refractivity (Wildman–Crippen MR) is 46.4 cm³/mol. The Morgan fingerprint density at radius 3 is 2.85 bits per heavy atom. The Labute approximate surface area is 76.0 Å². The molecule has 2 rings (SSSR count). The van der Waals surface area contributed by atoms with Crippen LogP contribution in [0.25, 0.3) is 0 Å². The summed E-state index contributed by atoms with van der Waals surface area (Å²) < 4.78 is 26.0. The summed E-state index contributed by atoms with van der Waals surface area (Å²) in [6.45, 7) is 1.51. The monoisotopic (exact) mass is 183 g/mol. The van der Waals surface area contributed by atoms with Crippen LogP contribution in [-0.2, 0) is 13.0 Å². The molecule has 1 aliphatic rings. The maximum atomic E-state index is 13.2. The molecule has 13 heavy (non-hydrogen) atoms. The van der Waals surface area contributed by atoms with E-state index in [1.54, 1.807) is 6.07 Å². The van der Waals surface area contributed by atoms with Crippen molar-refractivity contribution in [2.45, 2.75) is 13.0 Å². The zero-order valence-electron chi connectivity index (χ0n) is 7.48. The van der Waals surface area contributed by atoms with E-state index in [2.05, 4.69) is 4.90 Å². The van der Waals surface area contributed by atoms with Crippen molar-refractivity contribution in [3.63, 3.8) is 0 Å². The molecule has 3 heteroatoms. The van der Waals surface area contributed by atoms with Crippen LogP contribution in [0.4, 0.5) is 8.78 Å². The van der Waals surface area contributed by atoms with Gasteiger partial charge in [0.2, 0.25) is 0 Å². The highest BCUT2D eigenvalue weighted by molar-refractivity contribution is 5.31. The molecule has 0 aromatic heterocycles. The van der Waals surface area contributed by atoms with E-state index >= 15 is 0 Å². The van der Waals surface area contributed by atoms with Gasteiger partial charge in [-0.25, -0.2) is 8.78 Å². The Bertz CT molecular complexity index is 336. The fourth-order valence-electron chi connectivity index (χ4n) is 1.72. The molecule has 0 amide bonds. The molecule has 70 valence electrons. The van der Waals surface area contributed by atoms with Crippen LogP contribution in [0.5, 0.6) is 0 Å². The molecule has 0 aliphatic carbocycles. The number of likely N-dealkylation sites (N-methyl/N-ethyl adjacent to an activating group) is 1. The summed E-state index contributed by atoms with van der Waals surface area (Å²) in [6.07, 6.45) is 0.607. The van der Waals surface area contributed by atoms with Gasteiger partial charge in [0.05, 0.1) is 0 Å². The summed E-state index contributed by atoms with van der Waals surface area (Å²) >= 11 is 0. The van der Waals surface area contributed by atoms with Gasteiger partial charge in [0, 0.05) is 13.1 Å². The average Bonchev–Trinajstić information content (AvgIpc) is 2.12. The van der Waals surface area contributed by atoms with E-state index in [-0.39, 0.29) is 0 Å². The van der Waals surface area contributed by atoms with Crippen molar-refractivity contribution in [1.29, 1.82) is 0 Å². The summed E-state index contributed by atoms with van der Waals surface area (Å²) in [4.78, 5) is 2.10. The van der Waals surface area contributed by atoms with Crippen molar-refractivity contribution in [3.05, 3.63) is 34.9 Å². The van der Waals surface area contributed by atoms with Gasteiger partial charge in [0.15, 0.2) is 11.6 Å². The minimum atomic E-state index is -0.733. The Hall–Kier alpha value is -0.960. The van der Waals surface area contributed by atoms with Crippen molar-refractivity contribution in [2.24, 2.45) is 0 Å². The number of hydrogen-bond donors (Lipinski definition) is 0. The fourth-order valence-corrected chi connectivity index (χ4v) is 1.72. The van der Waals surface area contributed by atoms with E-state index in [0.29, 0.717) is 18.5 Å².